The van der Waals surface area contributed by atoms with Crippen molar-refractivity contribution >= 4 is 71.2 Å². The lowest BCUT2D eigenvalue weighted by molar-refractivity contribution is -0.123. The van der Waals surface area contributed by atoms with Gasteiger partial charge < -0.3 is 4.74 Å². The number of carbonyl (C=O) groups is 1. The van der Waals surface area contributed by atoms with E-state index in [1.807, 2.05) is 31.2 Å². The van der Waals surface area contributed by atoms with Gasteiger partial charge in [0.25, 0.3) is 5.91 Å². The fourth-order valence-electron chi connectivity index (χ4n) is 1.53. The first-order valence-corrected chi connectivity index (χ1v) is 9.31. The van der Waals surface area contributed by atoms with Crippen molar-refractivity contribution in [1.29, 1.82) is 0 Å². The van der Waals surface area contributed by atoms with E-state index in [1.165, 1.54) is 4.88 Å². The van der Waals surface area contributed by atoms with Crippen LogP contribution in [0.5, 0.6) is 5.75 Å². The summed E-state index contributed by atoms with van der Waals surface area (Å²) < 4.78 is 7.89. The van der Waals surface area contributed by atoms with Crippen LogP contribution in [-0.4, -0.2) is 18.7 Å². The van der Waals surface area contributed by atoms with E-state index in [2.05, 4.69) is 58.3 Å². The minimum Gasteiger partial charge on any atom is -0.481 e. The van der Waals surface area contributed by atoms with Crippen molar-refractivity contribution in [2.24, 2.45) is 5.10 Å². The zero-order chi connectivity index (χ0) is 16.1. The molecule has 2 rings (SSSR count). The number of benzene rings is 1. The second-order valence-corrected chi connectivity index (χ2v) is 8.17. The van der Waals surface area contributed by atoms with Crippen molar-refractivity contribution in [3.63, 3.8) is 0 Å². The monoisotopic (exact) mass is 508 g/mol. The average Bonchev–Trinajstić information content (AvgIpc) is 2.83. The van der Waals surface area contributed by atoms with Crippen LogP contribution in [0.4, 0.5) is 0 Å². The third-order valence-corrected chi connectivity index (χ3v) is 5.02. The lowest BCUT2D eigenvalue weighted by Crippen LogP contribution is -2.24. The molecule has 0 bridgehead atoms. The van der Waals surface area contributed by atoms with Crippen LogP contribution >= 0.6 is 59.1 Å². The number of amides is 1. The fourth-order valence-corrected chi connectivity index (χ4v) is 4.76. The van der Waals surface area contributed by atoms with Gasteiger partial charge in [-0.1, -0.05) is 15.9 Å². The summed E-state index contributed by atoms with van der Waals surface area (Å²) in [6.07, 6.45) is 1.61. The Morgan fingerprint density at radius 1 is 1.32 bits per heavy atom. The van der Waals surface area contributed by atoms with Gasteiger partial charge in [-0.2, -0.15) is 5.10 Å². The summed E-state index contributed by atoms with van der Waals surface area (Å²) in [6, 6.07) is 7.63. The summed E-state index contributed by atoms with van der Waals surface area (Å²) in [4.78, 5) is 13.9. The summed E-state index contributed by atoms with van der Waals surface area (Å²) in [6.45, 7) is 1.89. The highest BCUT2D eigenvalue weighted by atomic mass is 79.9. The standard InChI is InChI=1S/C14H11Br3N2O2S/c1-8-2-3-10(22-8)6-18-19-13(20)7-21-14-11(16)4-9(15)5-12(14)17/h2-6H,7H2,1H3,(H,19,20). The van der Waals surface area contributed by atoms with Crippen molar-refractivity contribution < 1.29 is 9.53 Å². The van der Waals surface area contributed by atoms with E-state index in [4.69, 9.17) is 4.74 Å². The van der Waals surface area contributed by atoms with E-state index in [0.29, 0.717) is 5.75 Å². The quantitative estimate of drug-likeness (QED) is 0.461. The normalized spacial score (nSPS) is 10.9. The molecule has 0 radical (unpaired) electrons. The molecule has 0 saturated carbocycles. The Hall–Kier alpha value is -0.700. The molecule has 1 heterocycles. The Bertz CT molecular complexity index is 693. The number of rotatable bonds is 5. The third kappa shape index (κ3) is 5.19. The Morgan fingerprint density at radius 2 is 2.00 bits per heavy atom. The van der Waals surface area contributed by atoms with Crippen LogP contribution in [0.25, 0.3) is 0 Å². The smallest absolute Gasteiger partial charge is 0.277 e. The number of aryl methyl sites for hydroxylation is 1. The van der Waals surface area contributed by atoms with Gasteiger partial charge in [0.1, 0.15) is 5.75 Å². The van der Waals surface area contributed by atoms with Gasteiger partial charge in [-0.05, 0) is 63.0 Å². The van der Waals surface area contributed by atoms with E-state index < -0.39 is 0 Å². The molecule has 0 unspecified atom stereocenters. The second-order valence-electron chi connectivity index (χ2n) is 4.23. The summed E-state index contributed by atoms with van der Waals surface area (Å²) in [5.41, 5.74) is 2.43. The van der Waals surface area contributed by atoms with Gasteiger partial charge in [0.2, 0.25) is 0 Å². The van der Waals surface area contributed by atoms with Crippen LogP contribution in [0.3, 0.4) is 0 Å². The molecule has 1 aromatic heterocycles. The first-order valence-electron chi connectivity index (χ1n) is 6.11. The average molecular weight is 511 g/mol. The summed E-state index contributed by atoms with van der Waals surface area (Å²) in [7, 11) is 0. The van der Waals surface area contributed by atoms with Crippen molar-refractivity contribution in [3.05, 3.63) is 47.4 Å². The summed E-state index contributed by atoms with van der Waals surface area (Å²) >= 11 is 11.8. The zero-order valence-corrected chi connectivity index (χ0v) is 17.0. The molecular weight excluding hydrogens is 500 g/mol. The van der Waals surface area contributed by atoms with Crippen molar-refractivity contribution in [2.75, 3.05) is 6.61 Å². The maximum absolute atomic E-state index is 11.7. The van der Waals surface area contributed by atoms with Crippen LogP contribution in [-0.2, 0) is 4.79 Å². The van der Waals surface area contributed by atoms with E-state index in [1.54, 1.807) is 17.6 Å². The van der Waals surface area contributed by atoms with Crippen LogP contribution in [0.2, 0.25) is 0 Å². The van der Waals surface area contributed by atoms with Crippen LogP contribution < -0.4 is 10.2 Å². The number of nitrogens with one attached hydrogen (secondary N) is 1. The largest absolute Gasteiger partial charge is 0.481 e. The predicted octanol–water partition coefficient (Wildman–Crippen LogP) is 4.87. The topological polar surface area (TPSA) is 50.7 Å². The van der Waals surface area contributed by atoms with Gasteiger partial charge in [0.15, 0.2) is 6.61 Å². The van der Waals surface area contributed by atoms with Gasteiger partial charge in [0, 0.05) is 14.2 Å². The van der Waals surface area contributed by atoms with E-state index in [0.717, 1.165) is 18.3 Å². The van der Waals surface area contributed by atoms with Crippen LogP contribution in [0.15, 0.2) is 42.8 Å². The molecule has 0 atom stereocenters. The Morgan fingerprint density at radius 3 is 2.59 bits per heavy atom. The molecular formula is C14H11Br3N2O2S. The van der Waals surface area contributed by atoms with E-state index >= 15 is 0 Å². The fraction of sp³-hybridized carbons (Fsp3) is 0.143. The number of carbonyl (C=O) groups excluding carboxylic acids is 1. The Balaban J connectivity index is 1.87. The first kappa shape index (κ1) is 17.7. The molecule has 4 nitrogen and oxygen atoms in total. The highest BCUT2D eigenvalue weighted by molar-refractivity contribution is 9.11. The van der Waals surface area contributed by atoms with Gasteiger partial charge in [-0.15, -0.1) is 11.3 Å². The summed E-state index contributed by atoms with van der Waals surface area (Å²) in [5, 5.41) is 3.90. The molecule has 0 aliphatic rings. The van der Waals surface area contributed by atoms with Crippen LogP contribution in [0, 0.1) is 6.92 Å². The second kappa shape index (κ2) is 8.24. The molecule has 8 heteroatoms. The highest BCUT2D eigenvalue weighted by Crippen LogP contribution is 2.36. The van der Waals surface area contributed by atoms with E-state index in [-0.39, 0.29) is 12.5 Å². The number of hydrogen-bond donors (Lipinski definition) is 1. The molecule has 1 N–H and O–H groups in total. The molecule has 0 aliphatic carbocycles. The highest BCUT2D eigenvalue weighted by Gasteiger charge is 2.10. The summed E-state index contributed by atoms with van der Waals surface area (Å²) in [5.74, 6) is 0.238. The van der Waals surface area contributed by atoms with E-state index in [9.17, 15) is 4.79 Å². The van der Waals surface area contributed by atoms with Crippen molar-refractivity contribution in [2.45, 2.75) is 6.92 Å². The maximum atomic E-state index is 11.7. The molecule has 2 aromatic rings. The molecule has 1 amide bonds. The molecule has 0 saturated heterocycles. The number of nitrogens with zero attached hydrogens (tertiary/aromatic N) is 1. The number of hydrogen-bond acceptors (Lipinski definition) is 4. The van der Waals surface area contributed by atoms with Gasteiger partial charge >= 0.3 is 0 Å². The molecule has 0 fully saturated rings. The lowest BCUT2D eigenvalue weighted by atomic mass is 10.3. The Labute approximate surface area is 157 Å². The SMILES string of the molecule is Cc1ccc(C=NNC(=O)COc2c(Br)cc(Br)cc2Br)s1. The van der Waals surface area contributed by atoms with Gasteiger partial charge in [-0.25, -0.2) is 5.43 Å². The molecule has 116 valence electrons. The minimum absolute atomic E-state index is 0.125. The third-order valence-electron chi connectivity index (χ3n) is 2.45. The lowest BCUT2D eigenvalue weighted by Gasteiger charge is -2.09. The molecule has 0 aliphatic heterocycles. The molecule has 1 aromatic carbocycles. The number of hydrazone groups is 1. The predicted molar refractivity (Wildman–Crippen MR) is 99.8 cm³/mol. The number of halogens is 3. The van der Waals surface area contributed by atoms with Gasteiger partial charge in [-0.3, -0.25) is 4.79 Å². The Kier molecular flexibility index (Phi) is 6.61. The number of thiophene rings is 1. The zero-order valence-electron chi connectivity index (χ0n) is 11.4. The number of ether oxygens (including phenoxy) is 1. The van der Waals surface area contributed by atoms with Gasteiger partial charge in [0.05, 0.1) is 15.2 Å². The minimum atomic E-state index is -0.328. The van der Waals surface area contributed by atoms with Crippen molar-refractivity contribution in [3.8, 4) is 5.75 Å². The van der Waals surface area contributed by atoms with Crippen molar-refractivity contribution in [1.82, 2.24) is 5.43 Å². The molecule has 22 heavy (non-hydrogen) atoms. The molecule has 0 spiro atoms. The van der Waals surface area contributed by atoms with Crippen LogP contribution in [0.1, 0.15) is 9.75 Å². The first-order chi connectivity index (χ1) is 10.5. The maximum Gasteiger partial charge on any atom is 0.277 e.